The van der Waals surface area contributed by atoms with E-state index >= 15 is 0 Å². The molecule has 0 aromatic carbocycles. The van der Waals surface area contributed by atoms with Crippen LogP contribution in [0.1, 0.15) is 74.3 Å². The molecule has 1 aromatic heterocycles. The number of nitrogens with one attached hydrogen (secondary N) is 1. The lowest BCUT2D eigenvalue weighted by Gasteiger charge is -2.37. The fourth-order valence-corrected chi connectivity index (χ4v) is 5.60. The summed E-state index contributed by atoms with van der Waals surface area (Å²) < 4.78 is 41.9. The number of hydrogen-bond acceptors (Lipinski definition) is 2. The van der Waals surface area contributed by atoms with Crippen LogP contribution in [0.4, 0.5) is 13.2 Å². The summed E-state index contributed by atoms with van der Waals surface area (Å²) in [7, 11) is 1.53. The number of aryl methyl sites for hydroxylation is 1. The zero-order valence-corrected chi connectivity index (χ0v) is 16.3. The van der Waals surface area contributed by atoms with Gasteiger partial charge in [0.25, 0.3) is 12.3 Å². The first-order valence-electron chi connectivity index (χ1n) is 10.1. The molecule has 1 N–H and O–H groups in total. The summed E-state index contributed by atoms with van der Waals surface area (Å²) in [6, 6.07) is 0. The van der Waals surface area contributed by atoms with Gasteiger partial charge in [0.05, 0.1) is 11.1 Å². The van der Waals surface area contributed by atoms with Crippen molar-refractivity contribution in [3.8, 4) is 0 Å². The zero-order valence-electron chi connectivity index (χ0n) is 16.3. The highest BCUT2D eigenvalue weighted by atomic mass is 19.3. The van der Waals surface area contributed by atoms with E-state index in [-0.39, 0.29) is 23.2 Å². The second kappa shape index (κ2) is 7.08. The minimum absolute atomic E-state index is 0.0730. The van der Waals surface area contributed by atoms with Crippen molar-refractivity contribution < 1.29 is 18.0 Å². The fourth-order valence-electron chi connectivity index (χ4n) is 5.60. The van der Waals surface area contributed by atoms with Crippen molar-refractivity contribution >= 4 is 5.91 Å². The Kier molecular flexibility index (Phi) is 4.88. The molecule has 0 spiro atoms. The highest BCUT2D eigenvalue weighted by Gasteiger charge is 2.58. The Bertz CT molecular complexity index is 857. The van der Waals surface area contributed by atoms with Crippen LogP contribution in [0, 0.1) is 11.8 Å². The number of amides is 1. The highest BCUT2D eigenvalue weighted by Crippen LogP contribution is 2.60. The molecule has 3 atom stereocenters. The first-order valence-corrected chi connectivity index (χ1v) is 10.1. The van der Waals surface area contributed by atoms with Crippen molar-refractivity contribution in [2.24, 2.45) is 18.9 Å². The van der Waals surface area contributed by atoms with Gasteiger partial charge in [-0.2, -0.15) is 5.10 Å². The topological polar surface area (TPSA) is 46.9 Å². The van der Waals surface area contributed by atoms with Crippen molar-refractivity contribution in [1.29, 1.82) is 0 Å². The molecule has 4 rings (SSSR count). The largest absolute Gasteiger partial charge is 0.342 e. The molecule has 2 bridgehead atoms. The van der Waals surface area contributed by atoms with Gasteiger partial charge in [0.2, 0.25) is 0 Å². The molecule has 0 saturated heterocycles. The molecule has 0 radical (unpaired) electrons. The third-order valence-corrected chi connectivity index (χ3v) is 6.69. The maximum atomic E-state index is 14.0. The van der Waals surface area contributed by atoms with Gasteiger partial charge in [0.15, 0.2) is 0 Å². The number of aromatic nitrogens is 2. The summed E-state index contributed by atoms with van der Waals surface area (Å²) in [5.41, 5.74) is 1.05. The van der Waals surface area contributed by atoms with Crippen molar-refractivity contribution in [2.75, 3.05) is 0 Å². The normalized spacial score (nSPS) is 28.7. The van der Waals surface area contributed by atoms with E-state index in [9.17, 15) is 18.0 Å². The van der Waals surface area contributed by atoms with Crippen LogP contribution in [0.2, 0.25) is 0 Å². The summed E-state index contributed by atoms with van der Waals surface area (Å²) in [4.78, 5) is 13.1. The summed E-state index contributed by atoms with van der Waals surface area (Å²) >= 11 is 0. The third kappa shape index (κ3) is 2.90. The van der Waals surface area contributed by atoms with Crippen LogP contribution >= 0.6 is 0 Å². The van der Waals surface area contributed by atoms with E-state index in [1.165, 1.54) is 17.9 Å². The smallest absolute Gasteiger partial charge is 0.282 e. The van der Waals surface area contributed by atoms with E-state index in [0.717, 1.165) is 43.3 Å². The second-order valence-electron chi connectivity index (χ2n) is 8.25. The van der Waals surface area contributed by atoms with Crippen molar-refractivity contribution in [2.45, 2.75) is 63.8 Å². The molecule has 4 nitrogen and oxygen atoms in total. The van der Waals surface area contributed by atoms with Gasteiger partial charge in [-0.05, 0) is 54.7 Å². The van der Waals surface area contributed by atoms with E-state index in [4.69, 9.17) is 0 Å². The Hall–Kier alpha value is -2.05. The van der Waals surface area contributed by atoms with Gasteiger partial charge in [-0.1, -0.05) is 19.8 Å². The average Bonchev–Trinajstić information content (AvgIpc) is 3.28. The molecule has 152 valence electrons. The van der Waals surface area contributed by atoms with Crippen LogP contribution in [0.3, 0.4) is 0 Å². The van der Waals surface area contributed by atoms with Gasteiger partial charge >= 0.3 is 0 Å². The van der Waals surface area contributed by atoms with Crippen LogP contribution in [0.25, 0.3) is 0 Å². The predicted molar refractivity (Wildman–Crippen MR) is 99.6 cm³/mol. The fraction of sp³-hybridized carbons (Fsp3) is 0.619. The zero-order chi connectivity index (χ0) is 20.1. The van der Waals surface area contributed by atoms with Gasteiger partial charge in [-0.25, -0.2) is 13.2 Å². The second-order valence-corrected chi connectivity index (χ2v) is 8.25. The molecule has 1 heterocycles. The maximum Gasteiger partial charge on any atom is 0.282 e. The van der Waals surface area contributed by atoms with Crippen LogP contribution in [0.5, 0.6) is 0 Å². The molecule has 1 fully saturated rings. The van der Waals surface area contributed by atoms with E-state index in [0.29, 0.717) is 12.8 Å². The highest BCUT2D eigenvalue weighted by molar-refractivity contribution is 5.96. The van der Waals surface area contributed by atoms with Crippen molar-refractivity contribution in [3.63, 3.8) is 0 Å². The summed E-state index contributed by atoms with van der Waals surface area (Å²) in [6.07, 6.45) is 5.83. The lowest BCUT2D eigenvalue weighted by atomic mass is 9.78. The Balaban J connectivity index is 1.70. The molecule has 7 heteroatoms. The Labute approximate surface area is 162 Å². The van der Waals surface area contributed by atoms with Crippen LogP contribution in [0.15, 0.2) is 29.2 Å². The van der Waals surface area contributed by atoms with Crippen LogP contribution in [-0.4, -0.2) is 21.2 Å². The lowest BCUT2D eigenvalue weighted by Crippen LogP contribution is -2.51. The third-order valence-electron chi connectivity index (χ3n) is 6.69. The monoisotopic (exact) mass is 393 g/mol. The van der Waals surface area contributed by atoms with E-state index < -0.39 is 23.6 Å². The van der Waals surface area contributed by atoms with Gasteiger partial charge in [0.1, 0.15) is 11.5 Å². The predicted octanol–water partition coefficient (Wildman–Crippen LogP) is 5.00. The number of fused-ring (bicyclic) bond motifs is 4. The minimum Gasteiger partial charge on any atom is -0.342 e. The van der Waals surface area contributed by atoms with Crippen LogP contribution in [-0.2, 0) is 7.05 Å². The van der Waals surface area contributed by atoms with E-state index in [2.05, 4.69) is 17.3 Å². The Morgan fingerprint density at radius 3 is 2.93 bits per heavy atom. The maximum absolute atomic E-state index is 14.0. The Morgan fingerprint density at radius 2 is 2.21 bits per heavy atom. The summed E-state index contributed by atoms with van der Waals surface area (Å²) in [5.74, 6) is -0.157. The van der Waals surface area contributed by atoms with Gasteiger partial charge in [0, 0.05) is 19.7 Å². The SMILES string of the molecule is CCCCC1C2CCC1(NC(=O)c1cn(C)nc1C(F)F)C1=C2C=C(F)CC1. The number of halogens is 3. The quantitative estimate of drug-likeness (QED) is 0.739. The average molecular weight is 393 g/mol. The van der Waals surface area contributed by atoms with E-state index in [1.807, 2.05) is 0 Å². The number of alkyl halides is 2. The molecular formula is C21H26F3N3O. The molecule has 1 saturated carbocycles. The van der Waals surface area contributed by atoms with Crippen LogP contribution < -0.4 is 5.32 Å². The van der Waals surface area contributed by atoms with Gasteiger partial charge in [-0.15, -0.1) is 0 Å². The first kappa shape index (κ1) is 19.3. The standard InChI is InChI=1S/C21H26F3N3O/c1-3-4-5-16-13-8-9-21(16,17-7-6-12(22)10-14(13)17)25-20(28)15-11-27(2)26-18(15)19(23)24/h10-11,13,16,19H,3-9H2,1-2H3,(H,25,28). The molecule has 3 aliphatic carbocycles. The molecule has 1 aromatic rings. The number of nitrogens with zero attached hydrogens (tertiary/aromatic N) is 2. The number of carbonyl (C=O) groups is 1. The number of hydrogen-bond donors (Lipinski definition) is 1. The molecule has 0 aliphatic heterocycles. The Morgan fingerprint density at radius 1 is 1.43 bits per heavy atom. The number of unbranched alkanes of at least 4 members (excludes halogenated alkanes) is 1. The molecule has 28 heavy (non-hydrogen) atoms. The summed E-state index contributed by atoms with van der Waals surface area (Å²) in [6.45, 7) is 2.12. The molecule has 3 unspecified atom stereocenters. The van der Waals surface area contributed by atoms with Gasteiger partial charge < -0.3 is 5.32 Å². The minimum atomic E-state index is -2.81. The van der Waals surface area contributed by atoms with Crippen molar-refractivity contribution in [3.05, 3.63) is 40.5 Å². The number of rotatable bonds is 6. The first-order chi connectivity index (χ1) is 13.4. The summed E-state index contributed by atoms with van der Waals surface area (Å²) in [5, 5.41) is 6.91. The van der Waals surface area contributed by atoms with Gasteiger partial charge in [-0.3, -0.25) is 9.48 Å². The number of allylic oxidation sites excluding steroid dienone is 3. The number of carbonyl (C=O) groups excluding carboxylic acids is 1. The van der Waals surface area contributed by atoms with Crippen molar-refractivity contribution in [1.82, 2.24) is 15.1 Å². The molecule has 3 aliphatic rings. The molecular weight excluding hydrogens is 367 g/mol. The molecule has 1 amide bonds. The van der Waals surface area contributed by atoms with E-state index in [1.54, 1.807) is 6.08 Å². The lowest BCUT2D eigenvalue weighted by molar-refractivity contribution is 0.0876.